The number of aliphatic hydroxyl groups excluding tert-OH is 1. The van der Waals surface area contributed by atoms with Crippen molar-refractivity contribution >= 4 is 5.84 Å². The Balaban J connectivity index is 2.24. The summed E-state index contributed by atoms with van der Waals surface area (Å²) >= 11 is 0. The van der Waals surface area contributed by atoms with Gasteiger partial charge in [0.25, 0.3) is 0 Å². The number of nitrogens with two attached hydrogens (primary N) is 1. The molecule has 0 spiro atoms. The van der Waals surface area contributed by atoms with Crippen LogP contribution in [0.25, 0.3) is 0 Å². The molecule has 0 radical (unpaired) electrons. The Morgan fingerprint density at radius 1 is 1.44 bits per heavy atom. The summed E-state index contributed by atoms with van der Waals surface area (Å²) in [4.78, 5) is 2.41. The quantitative estimate of drug-likeness (QED) is 0.369. The van der Waals surface area contributed by atoms with Crippen LogP contribution in [0, 0.1) is 16.7 Å². The molecule has 106 valence electrons. The monoisotopic (exact) mass is 255 g/mol. The third-order valence-corrected chi connectivity index (χ3v) is 4.41. The zero-order valence-electron chi connectivity index (χ0n) is 12.1. The van der Waals surface area contributed by atoms with Crippen LogP contribution in [0.5, 0.6) is 0 Å². The van der Waals surface area contributed by atoms with Gasteiger partial charge in [-0.25, -0.2) is 0 Å². The van der Waals surface area contributed by atoms with Crippen molar-refractivity contribution in [3.63, 3.8) is 0 Å². The first kappa shape index (κ1) is 15.4. The number of likely N-dealkylation sites (tertiary alicyclic amines) is 1. The van der Waals surface area contributed by atoms with Crippen molar-refractivity contribution in [1.82, 2.24) is 4.90 Å². The van der Waals surface area contributed by atoms with Crippen LogP contribution in [0.1, 0.15) is 46.5 Å². The highest BCUT2D eigenvalue weighted by Gasteiger charge is 2.30. The Kier molecular flexibility index (Phi) is 5.60. The van der Waals surface area contributed by atoms with Crippen molar-refractivity contribution in [2.75, 3.05) is 19.7 Å². The number of aliphatic hydroxyl groups is 1. The minimum atomic E-state index is -0.172. The molecule has 0 saturated carbocycles. The molecule has 0 bridgehead atoms. The summed E-state index contributed by atoms with van der Waals surface area (Å²) in [6.45, 7) is 8.74. The maximum Gasteiger partial charge on any atom is 0.0963 e. The largest absolute Gasteiger partial charge is 0.395 e. The molecule has 0 aromatic heterocycles. The molecule has 4 N–H and O–H groups in total. The van der Waals surface area contributed by atoms with Crippen molar-refractivity contribution in [3.8, 4) is 0 Å². The molecule has 1 rings (SSSR count). The molecular weight excluding hydrogens is 226 g/mol. The Bertz CT molecular complexity index is 278. The molecule has 0 amide bonds. The van der Waals surface area contributed by atoms with E-state index < -0.39 is 0 Å². The van der Waals surface area contributed by atoms with Crippen LogP contribution in [0.15, 0.2) is 0 Å². The summed E-state index contributed by atoms with van der Waals surface area (Å²) in [6.07, 6.45) is 4.38. The number of unbranched alkanes of at least 4 members (excludes halogenated alkanes) is 1. The third-order valence-electron chi connectivity index (χ3n) is 4.41. The van der Waals surface area contributed by atoms with Gasteiger partial charge in [-0.2, -0.15) is 0 Å². The van der Waals surface area contributed by atoms with E-state index in [2.05, 4.69) is 11.8 Å². The zero-order valence-corrected chi connectivity index (χ0v) is 12.1. The van der Waals surface area contributed by atoms with Gasteiger partial charge in [-0.15, -0.1) is 0 Å². The van der Waals surface area contributed by atoms with Gasteiger partial charge in [0.15, 0.2) is 0 Å². The van der Waals surface area contributed by atoms with E-state index in [4.69, 9.17) is 11.1 Å². The first-order valence-electron chi connectivity index (χ1n) is 7.08. The van der Waals surface area contributed by atoms with Crippen molar-refractivity contribution in [2.24, 2.45) is 17.1 Å². The van der Waals surface area contributed by atoms with Crippen LogP contribution in [-0.2, 0) is 0 Å². The third kappa shape index (κ3) is 3.95. The van der Waals surface area contributed by atoms with Crippen molar-refractivity contribution < 1.29 is 5.11 Å². The van der Waals surface area contributed by atoms with E-state index in [1.807, 2.05) is 13.8 Å². The Morgan fingerprint density at radius 2 is 2.11 bits per heavy atom. The van der Waals surface area contributed by atoms with E-state index in [0.717, 1.165) is 32.4 Å². The van der Waals surface area contributed by atoms with E-state index in [1.54, 1.807) is 0 Å². The molecule has 4 heteroatoms. The zero-order chi connectivity index (χ0) is 13.8. The van der Waals surface area contributed by atoms with Crippen LogP contribution in [0.4, 0.5) is 0 Å². The summed E-state index contributed by atoms with van der Waals surface area (Å²) in [5.74, 6) is 0.897. The predicted molar refractivity (Wildman–Crippen MR) is 75.8 cm³/mol. The van der Waals surface area contributed by atoms with E-state index >= 15 is 0 Å². The average Bonchev–Trinajstić information content (AvgIpc) is 2.65. The van der Waals surface area contributed by atoms with Gasteiger partial charge in [0.2, 0.25) is 0 Å². The van der Waals surface area contributed by atoms with Gasteiger partial charge in [0, 0.05) is 11.5 Å². The predicted octanol–water partition coefficient (Wildman–Crippen LogP) is 1.82. The lowest BCUT2D eigenvalue weighted by atomic mass is 9.86. The number of amidine groups is 1. The summed E-state index contributed by atoms with van der Waals surface area (Å²) in [5.41, 5.74) is 5.40. The number of hydrogen-bond donors (Lipinski definition) is 3. The molecule has 2 atom stereocenters. The van der Waals surface area contributed by atoms with Gasteiger partial charge >= 0.3 is 0 Å². The maximum absolute atomic E-state index is 9.38. The Labute approximate surface area is 111 Å². The minimum Gasteiger partial charge on any atom is -0.395 e. The standard InChI is InChI=1S/C14H29N3O/c1-11-6-9-17(12(11)10-18)8-5-4-7-14(2,3)13(15)16/h11-12,18H,4-10H2,1-3H3,(H3,15,16). The molecule has 2 unspecified atom stereocenters. The van der Waals surface area contributed by atoms with Crippen LogP contribution in [0.3, 0.4) is 0 Å². The molecule has 1 aliphatic rings. The van der Waals surface area contributed by atoms with Gasteiger partial charge in [-0.1, -0.05) is 27.2 Å². The van der Waals surface area contributed by atoms with Crippen molar-refractivity contribution in [2.45, 2.75) is 52.5 Å². The molecule has 1 aliphatic heterocycles. The summed E-state index contributed by atoms with van der Waals surface area (Å²) in [5, 5.41) is 16.9. The molecule has 4 nitrogen and oxygen atoms in total. The van der Waals surface area contributed by atoms with E-state index in [-0.39, 0.29) is 17.9 Å². The van der Waals surface area contributed by atoms with E-state index in [1.165, 1.54) is 6.42 Å². The molecule has 18 heavy (non-hydrogen) atoms. The fourth-order valence-electron chi connectivity index (χ4n) is 2.68. The number of rotatable bonds is 7. The van der Waals surface area contributed by atoms with Crippen LogP contribution in [0.2, 0.25) is 0 Å². The normalized spacial score (nSPS) is 25.6. The highest BCUT2D eigenvalue weighted by atomic mass is 16.3. The molecule has 1 heterocycles. The van der Waals surface area contributed by atoms with Crippen molar-refractivity contribution in [3.05, 3.63) is 0 Å². The van der Waals surface area contributed by atoms with Crippen LogP contribution in [-0.4, -0.2) is 41.6 Å². The second-order valence-electron chi connectivity index (χ2n) is 6.31. The molecular formula is C14H29N3O. The summed E-state index contributed by atoms with van der Waals surface area (Å²) in [6, 6.07) is 0.353. The molecule has 0 aliphatic carbocycles. The van der Waals surface area contributed by atoms with Gasteiger partial charge in [0.05, 0.1) is 12.4 Å². The maximum atomic E-state index is 9.38. The lowest BCUT2D eigenvalue weighted by Crippen LogP contribution is -2.36. The van der Waals surface area contributed by atoms with Gasteiger partial charge in [0.1, 0.15) is 0 Å². The fourth-order valence-corrected chi connectivity index (χ4v) is 2.68. The second-order valence-corrected chi connectivity index (χ2v) is 6.31. The van der Waals surface area contributed by atoms with E-state index in [9.17, 15) is 5.11 Å². The SMILES string of the molecule is CC1CCN(CCCCC(C)(C)C(=N)N)C1CO. The number of nitrogens with one attached hydrogen (secondary N) is 1. The summed E-state index contributed by atoms with van der Waals surface area (Å²) in [7, 11) is 0. The van der Waals surface area contributed by atoms with Gasteiger partial charge in [-0.05, 0) is 38.3 Å². The van der Waals surface area contributed by atoms with Gasteiger partial charge < -0.3 is 10.8 Å². The van der Waals surface area contributed by atoms with Gasteiger partial charge in [-0.3, -0.25) is 10.3 Å². The minimum absolute atomic E-state index is 0.172. The first-order valence-corrected chi connectivity index (χ1v) is 7.08. The number of hydrogen-bond acceptors (Lipinski definition) is 3. The lowest BCUT2D eigenvalue weighted by molar-refractivity contribution is 0.137. The Morgan fingerprint density at radius 3 is 2.67 bits per heavy atom. The lowest BCUT2D eigenvalue weighted by Gasteiger charge is -2.26. The van der Waals surface area contributed by atoms with Crippen LogP contribution >= 0.6 is 0 Å². The van der Waals surface area contributed by atoms with Crippen molar-refractivity contribution in [1.29, 1.82) is 5.41 Å². The fraction of sp³-hybridized carbons (Fsp3) is 0.929. The van der Waals surface area contributed by atoms with Crippen LogP contribution < -0.4 is 5.73 Å². The number of nitrogens with zero attached hydrogens (tertiary/aromatic N) is 1. The molecule has 0 aromatic rings. The topological polar surface area (TPSA) is 73.3 Å². The smallest absolute Gasteiger partial charge is 0.0963 e. The summed E-state index contributed by atoms with van der Waals surface area (Å²) < 4.78 is 0. The molecule has 1 fully saturated rings. The Hall–Kier alpha value is -0.610. The highest BCUT2D eigenvalue weighted by Crippen LogP contribution is 2.26. The molecule has 1 saturated heterocycles. The highest BCUT2D eigenvalue weighted by molar-refractivity contribution is 5.82. The molecule has 0 aromatic carbocycles. The second kappa shape index (κ2) is 6.53. The first-order chi connectivity index (χ1) is 8.38. The van der Waals surface area contributed by atoms with E-state index in [0.29, 0.717) is 12.0 Å². The average molecular weight is 255 g/mol.